The molecule has 1 aromatic carbocycles. The van der Waals surface area contributed by atoms with Gasteiger partial charge in [0.15, 0.2) is 0 Å². The molecule has 3 N–H and O–H groups in total. The van der Waals surface area contributed by atoms with Gasteiger partial charge in [0.2, 0.25) is 11.8 Å². The third-order valence-electron chi connectivity index (χ3n) is 7.10. The Kier molecular flexibility index (Phi) is 5.71. The minimum Gasteiger partial charge on any atom is -0.378 e. The highest BCUT2D eigenvalue weighted by molar-refractivity contribution is 5.96. The van der Waals surface area contributed by atoms with Crippen LogP contribution in [0.3, 0.4) is 0 Å². The zero-order chi connectivity index (χ0) is 21.3. The van der Waals surface area contributed by atoms with Gasteiger partial charge in [0.1, 0.15) is 0 Å². The zero-order valence-electron chi connectivity index (χ0n) is 17.9. The lowest BCUT2D eigenvalue weighted by molar-refractivity contribution is -0.146. The number of anilines is 1. The summed E-state index contributed by atoms with van der Waals surface area (Å²) in [7, 11) is 3.80. The summed E-state index contributed by atoms with van der Waals surface area (Å²) in [5, 5.41) is 2.99. The van der Waals surface area contributed by atoms with Gasteiger partial charge in [-0.25, -0.2) is 0 Å². The molecule has 0 spiro atoms. The van der Waals surface area contributed by atoms with Crippen LogP contribution in [0.1, 0.15) is 55.3 Å². The first-order chi connectivity index (χ1) is 14.3. The number of hydrogen-bond donors (Lipinski definition) is 3. The molecule has 0 saturated heterocycles. The molecule has 0 aromatic heterocycles. The quantitative estimate of drug-likeness (QED) is 0.625. The van der Waals surface area contributed by atoms with Gasteiger partial charge in [-0.05, 0) is 74.5 Å². The highest BCUT2D eigenvalue weighted by Gasteiger charge is 2.54. The van der Waals surface area contributed by atoms with Gasteiger partial charge in [-0.3, -0.25) is 25.2 Å². The summed E-state index contributed by atoms with van der Waals surface area (Å²) < 4.78 is 0. The average molecular weight is 413 g/mol. The molecule has 4 fully saturated rings. The summed E-state index contributed by atoms with van der Waals surface area (Å²) in [5.41, 5.74) is 6.05. The zero-order valence-corrected chi connectivity index (χ0v) is 17.9. The summed E-state index contributed by atoms with van der Waals surface area (Å²) in [4.78, 5) is 39.2. The summed E-state index contributed by atoms with van der Waals surface area (Å²) in [6, 6.07) is 7.15. The molecule has 0 atom stereocenters. The normalized spacial score (nSPS) is 28.7. The standard InChI is InChI=1S/C23H32N4O3/c1-27(2)19-5-3-4-18(11-19)21(29)26-25-20(28)6-7-24-22(30)23-12-15-8-16(13-23)10-17(9-15)14-23/h3-5,11,15-17H,6-10,12-14H2,1-2H3,(H,24,30)(H,25,28)(H,26,29). The number of nitrogens with zero attached hydrogens (tertiary/aromatic N) is 1. The van der Waals surface area contributed by atoms with E-state index in [-0.39, 0.29) is 29.6 Å². The van der Waals surface area contributed by atoms with E-state index in [1.165, 1.54) is 19.3 Å². The van der Waals surface area contributed by atoms with Crippen molar-refractivity contribution in [1.29, 1.82) is 0 Å². The van der Waals surface area contributed by atoms with Gasteiger partial charge in [-0.1, -0.05) is 6.07 Å². The van der Waals surface area contributed by atoms with Crippen LogP contribution in [0.2, 0.25) is 0 Å². The Balaban J connectivity index is 1.20. The van der Waals surface area contributed by atoms with E-state index in [0.717, 1.165) is 24.9 Å². The molecule has 7 heteroatoms. The van der Waals surface area contributed by atoms with Crippen LogP contribution >= 0.6 is 0 Å². The molecule has 1 aromatic rings. The molecular formula is C23H32N4O3. The van der Waals surface area contributed by atoms with E-state index in [0.29, 0.717) is 29.9 Å². The second-order valence-corrected chi connectivity index (χ2v) is 9.65. The van der Waals surface area contributed by atoms with Gasteiger partial charge in [0, 0.05) is 43.7 Å². The van der Waals surface area contributed by atoms with Crippen LogP contribution < -0.4 is 21.1 Å². The minimum atomic E-state index is -0.371. The van der Waals surface area contributed by atoms with Crippen LogP contribution in [0.25, 0.3) is 0 Å². The Bertz CT molecular complexity index is 800. The number of carbonyl (C=O) groups is 3. The number of benzene rings is 1. The van der Waals surface area contributed by atoms with Crippen molar-refractivity contribution in [2.24, 2.45) is 23.2 Å². The highest BCUT2D eigenvalue weighted by atomic mass is 16.2. The van der Waals surface area contributed by atoms with Crippen molar-refractivity contribution in [2.45, 2.75) is 44.9 Å². The molecule has 0 unspecified atom stereocenters. The molecule has 5 rings (SSSR count). The second kappa shape index (κ2) is 8.28. The molecule has 0 radical (unpaired) electrons. The monoisotopic (exact) mass is 412 g/mol. The predicted molar refractivity (Wildman–Crippen MR) is 115 cm³/mol. The molecule has 4 bridgehead atoms. The van der Waals surface area contributed by atoms with Gasteiger partial charge >= 0.3 is 0 Å². The summed E-state index contributed by atoms with van der Waals surface area (Å²) in [5.74, 6) is 1.58. The Morgan fingerprint density at radius 2 is 1.63 bits per heavy atom. The number of nitrogens with one attached hydrogen (secondary N) is 3. The van der Waals surface area contributed by atoms with E-state index >= 15 is 0 Å². The Morgan fingerprint density at radius 3 is 2.23 bits per heavy atom. The van der Waals surface area contributed by atoms with Crippen molar-refractivity contribution in [3.05, 3.63) is 29.8 Å². The number of amides is 3. The molecule has 4 aliphatic rings. The molecule has 7 nitrogen and oxygen atoms in total. The maximum atomic E-state index is 12.9. The van der Waals surface area contributed by atoms with Crippen LogP contribution in [-0.4, -0.2) is 38.4 Å². The van der Waals surface area contributed by atoms with E-state index in [4.69, 9.17) is 0 Å². The van der Waals surface area contributed by atoms with Crippen LogP contribution in [0, 0.1) is 23.2 Å². The molecular weight excluding hydrogens is 380 g/mol. The van der Waals surface area contributed by atoms with Crippen molar-refractivity contribution < 1.29 is 14.4 Å². The fraction of sp³-hybridized carbons (Fsp3) is 0.609. The van der Waals surface area contributed by atoms with E-state index < -0.39 is 0 Å². The van der Waals surface area contributed by atoms with E-state index in [2.05, 4.69) is 16.2 Å². The van der Waals surface area contributed by atoms with E-state index in [1.54, 1.807) is 18.2 Å². The number of hydrogen-bond acceptors (Lipinski definition) is 4. The first-order valence-electron chi connectivity index (χ1n) is 11.0. The maximum absolute atomic E-state index is 12.9. The van der Waals surface area contributed by atoms with Crippen LogP contribution in [0.4, 0.5) is 5.69 Å². The maximum Gasteiger partial charge on any atom is 0.269 e. The van der Waals surface area contributed by atoms with Crippen molar-refractivity contribution in [3.63, 3.8) is 0 Å². The Labute approximate surface area is 177 Å². The van der Waals surface area contributed by atoms with Gasteiger partial charge in [-0.2, -0.15) is 0 Å². The Hall–Kier alpha value is -2.57. The Morgan fingerprint density at radius 1 is 1.00 bits per heavy atom. The molecule has 4 saturated carbocycles. The molecule has 30 heavy (non-hydrogen) atoms. The molecule has 0 aliphatic heterocycles. The van der Waals surface area contributed by atoms with Crippen LogP contribution in [-0.2, 0) is 9.59 Å². The van der Waals surface area contributed by atoms with Crippen molar-refractivity contribution in [3.8, 4) is 0 Å². The lowest BCUT2D eigenvalue weighted by atomic mass is 9.49. The number of hydrazine groups is 1. The number of carbonyl (C=O) groups excluding carboxylic acids is 3. The lowest BCUT2D eigenvalue weighted by Gasteiger charge is -2.55. The van der Waals surface area contributed by atoms with Gasteiger partial charge in [-0.15, -0.1) is 0 Å². The SMILES string of the molecule is CN(C)c1cccc(C(=O)NNC(=O)CCNC(=O)C23CC4CC(CC(C4)C2)C3)c1. The molecule has 162 valence electrons. The van der Waals surface area contributed by atoms with Crippen LogP contribution in [0.15, 0.2) is 24.3 Å². The third kappa shape index (κ3) is 4.30. The topological polar surface area (TPSA) is 90.5 Å². The first kappa shape index (κ1) is 20.7. The number of rotatable bonds is 6. The second-order valence-electron chi connectivity index (χ2n) is 9.65. The fourth-order valence-corrected chi connectivity index (χ4v) is 6.05. The van der Waals surface area contributed by atoms with Gasteiger partial charge in [0.25, 0.3) is 5.91 Å². The lowest BCUT2D eigenvalue weighted by Crippen LogP contribution is -2.54. The third-order valence-corrected chi connectivity index (χ3v) is 7.10. The van der Waals surface area contributed by atoms with Gasteiger partial charge < -0.3 is 10.2 Å². The predicted octanol–water partition coefficient (Wildman–Crippen LogP) is 2.24. The van der Waals surface area contributed by atoms with Gasteiger partial charge in [0.05, 0.1) is 0 Å². The smallest absolute Gasteiger partial charge is 0.269 e. The van der Waals surface area contributed by atoms with E-state index in [9.17, 15) is 14.4 Å². The molecule has 0 heterocycles. The summed E-state index contributed by atoms with van der Waals surface area (Å²) in [6.07, 6.45) is 7.07. The van der Waals surface area contributed by atoms with Crippen molar-refractivity contribution in [2.75, 3.05) is 25.5 Å². The summed E-state index contributed by atoms with van der Waals surface area (Å²) in [6.45, 7) is 0.290. The minimum absolute atomic E-state index is 0.124. The fourth-order valence-electron chi connectivity index (χ4n) is 6.05. The van der Waals surface area contributed by atoms with E-state index in [1.807, 2.05) is 25.1 Å². The molecule has 4 aliphatic carbocycles. The highest BCUT2D eigenvalue weighted by Crippen LogP contribution is 2.60. The largest absolute Gasteiger partial charge is 0.378 e. The summed E-state index contributed by atoms with van der Waals surface area (Å²) >= 11 is 0. The first-order valence-corrected chi connectivity index (χ1v) is 11.0. The van der Waals surface area contributed by atoms with Crippen molar-refractivity contribution >= 4 is 23.4 Å². The average Bonchev–Trinajstić information content (AvgIpc) is 2.71. The molecule has 3 amide bonds. The van der Waals surface area contributed by atoms with Crippen molar-refractivity contribution in [1.82, 2.24) is 16.2 Å². The van der Waals surface area contributed by atoms with Crippen LogP contribution in [0.5, 0.6) is 0 Å².